The highest BCUT2D eigenvalue weighted by Crippen LogP contribution is 2.25. The van der Waals surface area contributed by atoms with Crippen molar-refractivity contribution in [2.24, 2.45) is 0 Å². The third-order valence-electron chi connectivity index (χ3n) is 4.35. The zero-order chi connectivity index (χ0) is 18.1. The average molecular weight is 354 g/mol. The third-order valence-corrected chi connectivity index (χ3v) is 4.35. The normalized spacial score (nSPS) is 14.0. The maximum atomic E-state index is 13.4. The van der Waals surface area contributed by atoms with E-state index in [2.05, 4.69) is 15.3 Å². The summed E-state index contributed by atoms with van der Waals surface area (Å²) >= 11 is 0. The van der Waals surface area contributed by atoms with Crippen LogP contribution in [-0.2, 0) is 0 Å². The topological polar surface area (TPSA) is 58.1 Å². The lowest BCUT2D eigenvalue weighted by atomic mass is 10.2. The molecule has 0 radical (unpaired) electrons. The van der Waals surface area contributed by atoms with Crippen molar-refractivity contribution in [3.05, 3.63) is 59.8 Å². The molecule has 132 valence electrons. The molecule has 2 aromatic carbocycles. The summed E-state index contributed by atoms with van der Waals surface area (Å²) in [7, 11) is 0. The van der Waals surface area contributed by atoms with Crippen molar-refractivity contribution < 1.29 is 13.6 Å². The van der Waals surface area contributed by atoms with Crippen molar-refractivity contribution in [3.8, 4) is 0 Å². The number of anilines is 2. The number of aromatic nitrogens is 2. The second kappa shape index (κ2) is 6.67. The van der Waals surface area contributed by atoms with Gasteiger partial charge in [-0.05, 0) is 37.1 Å². The number of hydrogen-bond acceptors (Lipinski definition) is 4. The van der Waals surface area contributed by atoms with Gasteiger partial charge in [0, 0.05) is 24.8 Å². The van der Waals surface area contributed by atoms with Crippen LogP contribution < -0.4 is 10.2 Å². The Morgan fingerprint density at radius 3 is 2.35 bits per heavy atom. The van der Waals surface area contributed by atoms with Crippen LogP contribution in [0.2, 0.25) is 0 Å². The molecule has 5 nitrogen and oxygen atoms in total. The molecule has 26 heavy (non-hydrogen) atoms. The van der Waals surface area contributed by atoms with Crippen molar-refractivity contribution in [2.45, 2.75) is 12.8 Å². The predicted octanol–water partition coefficient (Wildman–Crippen LogP) is 3.76. The molecule has 0 atom stereocenters. The summed E-state index contributed by atoms with van der Waals surface area (Å²) in [6.45, 7) is 1.61. The van der Waals surface area contributed by atoms with Crippen molar-refractivity contribution in [2.75, 3.05) is 23.3 Å². The van der Waals surface area contributed by atoms with E-state index in [4.69, 9.17) is 0 Å². The first kappa shape index (κ1) is 16.4. The zero-order valence-electron chi connectivity index (χ0n) is 13.9. The number of halogens is 2. The van der Waals surface area contributed by atoms with Crippen LogP contribution in [0, 0.1) is 11.6 Å². The van der Waals surface area contributed by atoms with Crippen molar-refractivity contribution in [3.63, 3.8) is 0 Å². The van der Waals surface area contributed by atoms with Gasteiger partial charge in [0.1, 0.15) is 0 Å². The Kier molecular flexibility index (Phi) is 4.20. The monoisotopic (exact) mass is 354 g/mol. The van der Waals surface area contributed by atoms with Gasteiger partial charge in [0.15, 0.2) is 23.1 Å². The van der Waals surface area contributed by atoms with Gasteiger partial charge >= 0.3 is 0 Å². The second-order valence-corrected chi connectivity index (χ2v) is 6.16. The predicted molar refractivity (Wildman–Crippen MR) is 95.3 cm³/mol. The first-order valence-electron chi connectivity index (χ1n) is 8.40. The summed E-state index contributed by atoms with van der Waals surface area (Å²) in [5.74, 6) is -1.98. The van der Waals surface area contributed by atoms with Gasteiger partial charge in [-0.25, -0.2) is 18.7 Å². The Morgan fingerprint density at radius 2 is 1.65 bits per heavy atom. The molecule has 1 aliphatic rings. The van der Waals surface area contributed by atoms with Crippen LogP contribution >= 0.6 is 0 Å². The molecule has 1 amide bonds. The fourth-order valence-electron chi connectivity index (χ4n) is 3.06. The summed E-state index contributed by atoms with van der Waals surface area (Å²) in [5, 5.41) is 2.58. The summed E-state index contributed by atoms with van der Waals surface area (Å²) in [6, 6.07) is 10.5. The van der Waals surface area contributed by atoms with Crippen LogP contribution in [0.4, 0.5) is 20.3 Å². The average Bonchev–Trinajstić information content (AvgIpc) is 3.18. The minimum absolute atomic E-state index is 0.163. The summed E-state index contributed by atoms with van der Waals surface area (Å²) < 4.78 is 26.5. The molecule has 7 heteroatoms. The quantitative estimate of drug-likeness (QED) is 0.778. The molecule has 0 saturated carbocycles. The number of fused-ring (bicyclic) bond motifs is 1. The molecule has 4 rings (SSSR count). The van der Waals surface area contributed by atoms with Gasteiger partial charge in [0.05, 0.1) is 11.0 Å². The Labute approximate surface area is 148 Å². The van der Waals surface area contributed by atoms with E-state index < -0.39 is 17.5 Å². The molecule has 1 aliphatic heterocycles. The molecule has 1 aromatic heterocycles. The Bertz CT molecular complexity index is 986. The highest BCUT2D eigenvalue weighted by molar-refractivity contribution is 6.07. The van der Waals surface area contributed by atoms with E-state index in [0.29, 0.717) is 16.9 Å². The number of amides is 1. The SMILES string of the molecule is O=C(Nc1ccc(F)c(F)c1)c1nc2ccccc2nc1N1CCCC1. The number of carbonyl (C=O) groups excluding carboxylic acids is 1. The summed E-state index contributed by atoms with van der Waals surface area (Å²) in [4.78, 5) is 23.9. The van der Waals surface area contributed by atoms with E-state index >= 15 is 0 Å². The molecule has 1 N–H and O–H groups in total. The number of para-hydroxylation sites is 2. The highest BCUT2D eigenvalue weighted by atomic mass is 19.2. The van der Waals surface area contributed by atoms with Crippen LogP contribution in [0.15, 0.2) is 42.5 Å². The summed E-state index contributed by atoms with van der Waals surface area (Å²) in [5.41, 5.74) is 1.65. The second-order valence-electron chi connectivity index (χ2n) is 6.16. The molecule has 3 aromatic rings. The maximum Gasteiger partial charge on any atom is 0.278 e. The van der Waals surface area contributed by atoms with Crippen LogP contribution in [0.5, 0.6) is 0 Å². The van der Waals surface area contributed by atoms with Gasteiger partial charge in [-0.15, -0.1) is 0 Å². The molecule has 0 bridgehead atoms. The van der Waals surface area contributed by atoms with Gasteiger partial charge in [0.25, 0.3) is 5.91 Å². The number of nitrogens with one attached hydrogen (secondary N) is 1. The number of hydrogen-bond donors (Lipinski definition) is 1. The fourth-order valence-corrected chi connectivity index (χ4v) is 3.06. The number of carbonyl (C=O) groups is 1. The van der Waals surface area contributed by atoms with E-state index in [9.17, 15) is 13.6 Å². The molecule has 0 spiro atoms. The van der Waals surface area contributed by atoms with Gasteiger partial charge in [0.2, 0.25) is 0 Å². The van der Waals surface area contributed by atoms with Crippen LogP contribution in [-0.4, -0.2) is 29.0 Å². The van der Waals surface area contributed by atoms with E-state index in [1.165, 1.54) is 6.07 Å². The number of nitrogens with zero attached hydrogens (tertiary/aromatic N) is 3. The van der Waals surface area contributed by atoms with E-state index in [1.807, 2.05) is 23.1 Å². The standard InChI is InChI=1S/C19H16F2N4O/c20-13-8-7-12(11-14(13)21)22-19(26)17-18(25-9-3-4-10-25)24-16-6-2-1-5-15(16)23-17/h1-2,5-8,11H,3-4,9-10H2,(H,22,26). The molecule has 0 aliphatic carbocycles. The molecular formula is C19H16F2N4O. The first-order chi connectivity index (χ1) is 12.6. The lowest BCUT2D eigenvalue weighted by Gasteiger charge is -2.19. The Hall–Kier alpha value is -3.09. The largest absolute Gasteiger partial charge is 0.355 e. The molecule has 2 heterocycles. The van der Waals surface area contributed by atoms with Gasteiger partial charge < -0.3 is 10.2 Å². The highest BCUT2D eigenvalue weighted by Gasteiger charge is 2.23. The molecule has 0 unspecified atom stereocenters. The first-order valence-corrected chi connectivity index (χ1v) is 8.40. The maximum absolute atomic E-state index is 13.4. The van der Waals surface area contributed by atoms with Gasteiger partial charge in [-0.1, -0.05) is 12.1 Å². The lowest BCUT2D eigenvalue weighted by molar-refractivity contribution is 0.102. The zero-order valence-corrected chi connectivity index (χ0v) is 13.9. The van der Waals surface area contributed by atoms with E-state index in [0.717, 1.165) is 38.1 Å². The van der Waals surface area contributed by atoms with Crippen molar-refractivity contribution in [1.29, 1.82) is 0 Å². The fraction of sp³-hybridized carbons (Fsp3) is 0.211. The van der Waals surface area contributed by atoms with E-state index in [-0.39, 0.29) is 11.4 Å². The molecule has 1 saturated heterocycles. The minimum atomic E-state index is -1.02. The Balaban J connectivity index is 1.74. The lowest BCUT2D eigenvalue weighted by Crippen LogP contribution is -2.25. The summed E-state index contributed by atoms with van der Waals surface area (Å²) in [6.07, 6.45) is 2.05. The van der Waals surface area contributed by atoms with Crippen LogP contribution in [0.25, 0.3) is 11.0 Å². The van der Waals surface area contributed by atoms with Crippen LogP contribution in [0.3, 0.4) is 0 Å². The smallest absolute Gasteiger partial charge is 0.278 e. The van der Waals surface area contributed by atoms with Crippen molar-refractivity contribution in [1.82, 2.24) is 9.97 Å². The van der Waals surface area contributed by atoms with Gasteiger partial charge in [-0.2, -0.15) is 0 Å². The Morgan fingerprint density at radius 1 is 0.962 bits per heavy atom. The van der Waals surface area contributed by atoms with Crippen LogP contribution in [0.1, 0.15) is 23.3 Å². The minimum Gasteiger partial charge on any atom is -0.355 e. The number of benzene rings is 2. The molecule has 1 fully saturated rings. The number of rotatable bonds is 3. The van der Waals surface area contributed by atoms with Crippen molar-refractivity contribution >= 4 is 28.4 Å². The third kappa shape index (κ3) is 3.08. The van der Waals surface area contributed by atoms with E-state index in [1.54, 1.807) is 6.07 Å². The van der Waals surface area contributed by atoms with Gasteiger partial charge in [-0.3, -0.25) is 4.79 Å². The molecular weight excluding hydrogens is 338 g/mol.